The van der Waals surface area contributed by atoms with Crippen molar-refractivity contribution in [2.45, 2.75) is 32.7 Å². The third-order valence-corrected chi connectivity index (χ3v) is 7.12. The Morgan fingerprint density at radius 1 is 0.861 bits per heavy atom. The van der Waals surface area contributed by atoms with Gasteiger partial charge in [0.2, 0.25) is 0 Å². The predicted octanol–water partition coefficient (Wildman–Crippen LogP) is 4.87. The van der Waals surface area contributed by atoms with E-state index >= 15 is 0 Å². The van der Waals surface area contributed by atoms with Gasteiger partial charge in [0.15, 0.2) is 0 Å². The quantitative estimate of drug-likeness (QED) is 0.406. The zero-order valence-electron chi connectivity index (χ0n) is 21.0. The Hall–Kier alpha value is -3.64. The monoisotopic (exact) mass is 484 g/mol. The van der Waals surface area contributed by atoms with Crippen molar-refractivity contribution >= 4 is 11.8 Å². The lowest BCUT2D eigenvalue weighted by Gasteiger charge is -2.18. The Bertz CT molecular complexity index is 1240. The van der Waals surface area contributed by atoms with E-state index in [2.05, 4.69) is 30.0 Å². The van der Waals surface area contributed by atoms with Gasteiger partial charge < -0.3 is 9.47 Å². The van der Waals surface area contributed by atoms with Crippen LogP contribution in [-0.2, 0) is 13.0 Å². The maximum Gasteiger partial charge on any atom is 0.261 e. The van der Waals surface area contributed by atoms with Gasteiger partial charge in [-0.05, 0) is 73.3 Å². The van der Waals surface area contributed by atoms with Gasteiger partial charge in [0.25, 0.3) is 11.8 Å². The van der Waals surface area contributed by atoms with Crippen LogP contribution in [0.1, 0.15) is 55.8 Å². The molecule has 0 aromatic heterocycles. The summed E-state index contributed by atoms with van der Waals surface area (Å²) < 4.78 is 11.5. The predicted molar refractivity (Wildman–Crippen MR) is 139 cm³/mol. The number of nitrogens with zero attached hydrogens (tertiary/aromatic N) is 2. The number of carbonyl (C=O) groups excluding carboxylic acids is 2. The summed E-state index contributed by atoms with van der Waals surface area (Å²) in [6.45, 7) is 5.97. The van der Waals surface area contributed by atoms with Crippen LogP contribution in [0.3, 0.4) is 0 Å². The summed E-state index contributed by atoms with van der Waals surface area (Å²) in [4.78, 5) is 29.1. The van der Waals surface area contributed by atoms with Crippen LogP contribution in [0.5, 0.6) is 11.5 Å². The smallest absolute Gasteiger partial charge is 0.261 e. The van der Waals surface area contributed by atoms with Gasteiger partial charge >= 0.3 is 0 Å². The van der Waals surface area contributed by atoms with Crippen molar-refractivity contribution in [1.29, 1.82) is 0 Å². The minimum Gasteiger partial charge on any atom is -0.497 e. The lowest BCUT2D eigenvalue weighted by molar-refractivity contribution is 0.0631. The first-order valence-electron chi connectivity index (χ1n) is 12.6. The van der Waals surface area contributed by atoms with E-state index in [1.54, 1.807) is 31.4 Å². The Kier molecular flexibility index (Phi) is 7.05. The Labute approximate surface area is 212 Å². The summed E-state index contributed by atoms with van der Waals surface area (Å²) in [6.07, 6.45) is 3.31. The number of benzene rings is 3. The van der Waals surface area contributed by atoms with Gasteiger partial charge in [-0.25, -0.2) is 0 Å². The Balaban J connectivity index is 1.26. The van der Waals surface area contributed by atoms with Crippen LogP contribution in [0.25, 0.3) is 0 Å². The summed E-state index contributed by atoms with van der Waals surface area (Å²) in [5, 5.41) is 0. The molecule has 0 saturated carbocycles. The van der Waals surface area contributed by atoms with E-state index in [1.165, 1.54) is 47.5 Å². The van der Waals surface area contributed by atoms with Crippen molar-refractivity contribution in [2.24, 2.45) is 0 Å². The number of hydrogen-bond acceptors (Lipinski definition) is 5. The van der Waals surface area contributed by atoms with Crippen LogP contribution in [0.2, 0.25) is 0 Å². The zero-order valence-corrected chi connectivity index (χ0v) is 21.0. The highest BCUT2D eigenvalue weighted by molar-refractivity contribution is 6.21. The van der Waals surface area contributed by atoms with Gasteiger partial charge in [-0.1, -0.05) is 36.4 Å². The number of hydrogen-bond donors (Lipinski definition) is 0. The maximum absolute atomic E-state index is 12.7. The van der Waals surface area contributed by atoms with Crippen LogP contribution < -0.4 is 9.47 Å². The summed E-state index contributed by atoms with van der Waals surface area (Å²) in [5.41, 5.74) is 5.84. The second-order valence-corrected chi connectivity index (χ2v) is 9.55. The molecule has 0 aliphatic carbocycles. The fourth-order valence-electron chi connectivity index (χ4n) is 5.08. The van der Waals surface area contributed by atoms with Crippen molar-refractivity contribution < 1.29 is 19.1 Å². The highest BCUT2D eigenvalue weighted by Gasteiger charge is 2.34. The van der Waals surface area contributed by atoms with Crippen molar-refractivity contribution in [2.75, 3.05) is 33.4 Å². The fraction of sp³-hybridized carbons (Fsp3) is 0.333. The topological polar surface area (TPSA) is 59.1 Å². The number of carbonyl (C=O) groups is 2. The number of methoxy groups -OCH3 is 1. The minimum atomic E-state index is -0.269. The molecule has 2 aliphatic rings. The molecule has 3 aromatic carbocycles. The molecule has 5 rings (SSSR count). The Morgan fingerprint density at radius 3 is 2.22 bits per heavy atom. The molecule has 0 atom stereocenters. The SMILES string of the molecule is COc1ccc(Cc2ccc(CN3CCCC3)c(C)c2)c(OCCN2C(=O)c3ccccc3C2=O)c1. The molecule has 6 heteroatoms. The molecule has 2 amide bonds. The van der Waals surface area contributed by atoms with Crippen molar-refractivity contribution in [1.82, 2.24) is 9.80 Å². The van der Waals surface area contributed by atoms with Crippen molar-refractivity contribution in [3.8, 4) is 11.5 Å². The van der Waals surface area contributed by atoms with Crippen LogP contribution in [-0.4, -0.2) is 55.0 Å². The molecule has 186 valence electrons. The first-order chi connectivity index (χ1) is 17.5. The fourth-order valence-corrected chi connectivity index (χ4v) is 5.08. The number of aryl methyl sites for hydroxylation is 1. The van der Waals surface area contributed by atoms with E-state index in [4.69, 9.17) is 9.47 Å². The molecule has 2 aliphatic heterocycles. The maximum atomic E-state index is 12.7. The van der Waals surface area contributed by atoms with Gasteiger partial charge in [0.1, 0.15) is 18.1 Å². The van der Waals surface area contributed by atoms with Gasteiger partial charge in [0.05, 0.1) is 24.8 Å². The normalized spacial score (nSPS) is 15.4. The van der Waals surface area contributed by atoms with E-state index in [1.807, 2.05) is 18.2 Å². The number of ether oxygens (including phenoxy) is 2. The van der Waals surface area contributed by atoms with E-state index < -0.39 is 0 Å². The van der Waals surface area contributed by atoms with Crippen LogP contribution >= 0.6 is 0 Å². The summed E-state index contributed by atoms with van der Waals surface area (Å²) in [7, 11) is 1.63. The highest BCUT2D eigenvalue weighted by Crippen LogP contribution is 2.29. The number of likely N-dealkylation sites (tertiary alicyclic amines) is 1. The molecule has 0 N–H and O–H groups in total. The van der Waals surface area contributed by atoms with Crippen LogP contribution in [0.15, 0.2) is 60.7 Å². The summed E-state index contributed by atoms with van der Waals surface area (Å²) >= 11 is 0. The van der Waals surface area contributed by atoms with E-state index in [0.29, 0.717) is 22.6 Å². The lowest BCUT2D eigenvalue weighted by atomic mass is 9.99. The molecular formula is C30H32N2O4. The number of imide groups is 1. The first kappa shape index (κ1) is 24.1. The largest absolute Gasteiger partial charge is 0.497 e. The van der Waals surface area contributed by atoms with E-state index in [0.717, 1.165) is 18.5 Å². The van der Waals surface area contributed by atoms with E-state index in [-0.39, 0.29) is 25.0 Å². The number of amides is 2. The number of rotatable bonds is 9. The van der Waals surface area contributed by atoms with Crippen molar-refractivity contribution in [3.05, 3.63) is 94.0 Å². The highest BCUT2D eigenvalue weighted by atomic mass is 16.5. The molecule has 0 radical (unpaired) electrons. The first-order valence-corrected chi connectivity index (χ1v) is 12.6. The van der Waals surface area contributed by atoms with Gasteiger partial charge in [-0.3, -0.25) is 19.4 Å². The van der Waals surface area contributed by atoms with Crippen molar-refractivity contribution in [3.63, 3.8) is 0 Å². The minimum absolute atomic E-state index is 0.188. The molecular weight excluding hydrogens is 452 g/mol. The summed E-state index contributed by atoms with van der Waals surface area (Å²) in [5.74, 6) is 0.862. The number of fused-ring (bicyclic) bond motifs is 1. The average Bonchev–Trinajstić information content (AvgIpc) is 3.49. The standard InChI is InChI=1S/C30H32N2O4/c1-21-17-22(9-10-24(21)20-31-13-5-6-14-31)18-23-11-12-25(35-2)19-28(23)36-16-15-32-29(33)26-7-3-4-8-27(26)30(32)34/h3-4,7-12,17,19H,5-6,13-16,18,20H2,1-2H3. The molecule has 0 unspecified atom stereocenters. The van der Waals surface area contributed by atoms with E-state index in [9.17, 15) is 9.59 Å². The molecule has 2 heterocycles. The van der Waals surface area contributed by atoms with Crippen LogP contribution in [0.4, 0.5) is 0 Å². The molecule has 0 spiro atoms. The van der Waals surface area contributed by atoms with Gasteiger partial charge in [-0.2, -0.15) is 0 Å². The molecule has 6 nitrogen and oxygen atoms in total. The Morgan fingerprint density at radius 2 is 1.56 bits per heavy atom. The average molecular weight is 485 g/mol. The molecule has 36 heavy (non-hydrogen) atoms. The molecule has 3 aromatic rings. The lowest BCUT2D eigenvalue weighted by Crippen LogP contribution is -2.33. The summed E-state index contributed by atoms with van der Waals surface area (Å²) in [6, 6.07) is 19.4. The van der Waals surface area contributed by atoms with Gasteiger partial charge in [0, 0.05) is 19.0 Å². The second kappa shape index (κ2) is 10.5. The third-order valence-electron chi connectivity index (χ3n) is 7.12. The molecule has 1 saturated heterocycles. The second-order valence-electron chi connectivity index (χ2n) is 9.55. The zero-order chi connectivity index (χ0) is 25.1. The molecule has 0 bridgehead atoms. The molecule has 1 fully saturated rings. The van der Waals surface area contributed by atoms with Crippen LogP contribution in [0, 0.1) is 6.92 Å². The van der Waals surface area contributed by atoms with Gasteiger partial charge in [-0.15, -0.1) is 0 Å². The third kappa shape index (κ3) is 5.00.